The van der Waals surface area contributed by atoms with Gasteiger partial charge in [-0.05, 0) is 24.7 Å². The van der Waals surface area contributed by atoms with E-state index in [0.717, 1.165) is 12.8 Å². The van der Waals surface area contributed by atoms with E-state index >= 15 is 0 Å². The van der Waals surface area contributed by atoms with Gasteiger partial charge in [0, 0.05) is 6.04 Å². The predicted molar refractivity (Wildman–Crippen MR) is 44.8 cm³/mol. The molecule has 1 aliphatic carbocycles. The van der Waals surface area contributed by atoms with E-state index in [-0.39, 0.29) is 0 Å². The zero-order valence-electron chi connectivity index (χ0n) is 7.35. The van der Waals surface area contributed by atoms with Crippen LogP contribution in [0.4, 0.5) is 0 Å². The monoisotopic (exact) mass is 152 g/mol. The SMILES string of the molecule is CC1(C)CCCC(NC#N)C1. The van der Waals surface area contributed by atoms with Gasteiger partial charge in [0.15, 0.2) is 6.19 Å². The smallest absolute Gasteiger partial charge is 0.176 e. The highest BCUT2D eigenvalue weighted by atomic mass is 14.9. The Balaban J connectivity index is 2.41. The van der Waals surface area contributed by atoms with Crippen LogP contribution in [0.5, 0.6) is 0 Å². The summed E-state index contributed by atoms with van der Waals surface area (Å²) in [5.41, 5.74) is 0.437. The maximum absolute atomic E-state index is 8.43. The van der Waals surface area contributed by atoms with Crippen molar-refractivity contribution in [3.05, 3.63) is 0 Å². The first kappa shape index (κ1) is 8.39. The van der Waals surface area contributed by atoms with Gasteiger partial charge in [-0.15, -0.1) is 0 Å². The Bertz CT molecular complexity index is 167. The van der Waals surface area contributed by atoms with Crippen LogP contribution in [-0.4, -0.2) is 6.04 Å². The predicted octanol–water partition coefficient (Wildman–Crippen LogP) is 2.03. The fraction of sp³-hybridized carbons (Fsp3) is 0.889. The molecule has 0 bridgehead atoms. The normalized spacial score (nSPS) is 29.0. The molecular weight excluding hydrogens is 136 g/mol. The molecule has 2 nitrogen and oxygen atoms in total. The third kappa shape index (κ3) is 2.42. The van der Waals surface area contributed by atoms with Gasteiger partial charge in [-0.1, -0.05) is 20.3 Å². The Morgan fingerprint density at radius 1 is 1.55 bits per heavy atom. The van der Waals surface area contributed by atoms with Crippen molar-refractivity contribution in [3.63, 3.8) is 0 Å². The minimum atomic E-state index is 0.434. The van der Waals surface area contributed by atoms with Gasteiger partial charge in [0.25, 0.3) is 0 Å². The summed E-state index contributed by atoms with van der Waals surface area (Å²) in [6.07, 6.45) is 6.89. The van der Waals surface area contributed by atoms with Crippen LogP contribution in [0.15, 0.2) is 0 Å². The standard InChI is InChI=1S/C9H16N2/c1-9(2)5-3-4-8(6-9)11-7-10/h8,11H,3-6H2,1-2H3. The van der Waals surface area contributed by atoms with Gasteiger partial charge in [0.1, 0.15) is 0 Å². The van der Waals surface area contributed by atoms with Gasteiger partial charge < -0.3 is 5.32 Å². The Morgan fingerprint density at radius 3 is 2.82 bits per heavy atom. The Kier molecular flexibility index (Phi) is 2.38. The van der Waals surface area contributed by atoms with Crippen molar-refractivity contribution < 1.29 is 0 Å². The minimum Gasteiger partial charge on any atom is -0.321 e. The minimum absolute atomic E-state index is 0.434. The topological polar surface area (TPSA) is 35.8 Å². The van der Waals surface area contributed by atoms with E-state index in [1.165, 1.54) is 12.8 Å². The summed E-state index contributed by atoms with van der Waals surface area (Å²) in [6.45, 7) is 4.55. The van der Waals surface area contributed by atoms with E-state index in [1.807, 2.05) is 6.19 Å². The molecule has 1 saturated carbocycles. The highest BCUT2D eigenvalue weighted by molar-refractivity contribution is 4.86. The van der Waals surface area contributed by atoms with Crippen LogP contribution in [0.2, 0.25) is 0 Å². The number of hydrogen-bond donors (Lipinski definition) is 1. The zero-order chi connectivity index (χ0) is 8.32. The molecule has 0 saturated heterocycles. The van der Waals surface area contributed by atoms with Gasteiger partial charge in [0.05, 0.1) is 0 Å². The molecular formula is C9H16N2. The van der Waals surface area contributed by atoms with E-state index in [1.54, 1.807) is 0 Å². The summed E-state index contributed by atoms with van der Waals surface area (Å²) in [4.78, 5) is 0. The lowest BCUT2D eigenvalue weighted by Gasteiger charge is -2.34. The maximum Gasteiger partial charge on any atom is 0.176 e. The number of hydrogen-bond acceptors (Lipinski definition) is 2. The van der Waals surface area contributed by atoms with Crippen molar-refractivity contribution in [1.29, 1.82) is 5.26 Å². The van der Waals surface area contributed by atoms with Crippen LogP contribution in [-0.2, 0) is 0 Å². The first-order valence-electron chi connectivity index (χ1n) is 4.29. The molecule has 0 spiro atoms. The number of rotatable bonds is 1. The van der Waals surface area contributed by atoms with Crippen molar-refractivity contribution in [2.75, 3.05) is 0 Å². The lowest BCUT2D eigenvalue weighted by molar-refractivity contribution is 0.209. The van der Waals surface area contributed by atoms with E-state index in [2.05, 4.69) is 19.2 Å². The molecule has 0 aromatic rings. The first-order chi connectivity index (χ1) is 5.14. The van der Waals surface area contributed by atoms with Gasteiger partial charge in [-0.3, -0.25) is 0 Å². The average Bonchev–Trinajstić information content (AvgIpc) is 1.85. The molecule has 11 heavy (non-hydrogen) atoms. The van der Waals surface area contributed by atoms with Crippen molar-refractivity contribution >= 4 is 0 Å². The Labute approximate surface area is 68.6 Å². The van der Waals surface area contributed by atoms with Crippen molar-refractivity contribution in [2.24, 2.45) is 5.41 Å². The Hall–Kier alpha value is -0.710. The van der Waals surface area contributed by atoms with Crippen LogP contribution < -0.4 is 5.32 Å². The molecule has 1 N–H and O–H groups in total. The maximum atomic E-state index is 8.43. The molecule has 0 aromatic heterocycles. The average molecular weight is 152 g/mol. The third-order valence-corrected chi connectivity index (χ3v) is 2.47. The largest absolute Gasteiger partial charge is 0.321 e. The molecule has 1 unspecified atom stereocenters. The highest BCUT2D eigenvalue weighted by Crippen LogP contribution is 2.34. The summed E-state index contributed by atoms with van der Waals surface area (Å²) in [5, 5.41) is 11.3. The molecule has 2 heteroatoms. The van der Waals surface area contributed by atoms with E-state index < -0.39 is 0 Å². The second-order valence-corrected chi connectivity index (χ2v) is 4.21. The molecule has 1 aliphatic rings. The third-order valence-electron chi connectivity index (χ3n) is 2.47. The molecule has 0 radical (unpaired) electrons. The summed E-state index contributed by atoms with van der Waals surface area (Å²) in [6, 6.07) is 0.434. The molecule has 62 valence electrons. The Morgan fingerprint density at radius 2 is 2.27 bits per heavy atom. The van der Waals surface area contributed by atoms with Gasteiger partial charge in [-0.25, -0.2) is 0 Å². The molecule has 1 rings (SSSR count). The van der Waals surface area contributed by atoms with Crippen LogP contribution in [0.25, 0.3) is 0 Å². The molecule has 0 aromatic carbocycles. The summed E-state index contributed by atoms with van der Waals surface area (Å²) in [7, 11) is 0. The number of nitrogens with zero attached hydrogens (tertiary/aromatic N) is 1. The fourth-order valence-corrected chi connectivity index (χ4v) is 1.91. The van der Waals surface area contributed by atoms with Crippen LogP contribution in [0.1, 0.15) is 39.5 Å². The van der Waals surface area contributed by atoms with Crippen LogP contribution >= 0.6 is 0 Å². The second-order valence-electron chi connectivity index (χ2n) is 4.21. The van der Waals surface area contributed by atoms with E-state index in [9.17, 15) is 0 Å². The van der Waals surface area contributed by atoms with Gasteiger partial charge in [0.2, 0.25) is 0 Å². The lowest BCUT2D eigenvalue weighted by atomic mass is 9.75. The number of nitriles is 1. The highest BCUT2D eigenvalue weighted by Gasteiger charge is 2.27. The fourth-order valence-electron chi connectivity index (χ4n) is 1.91. The summed E-state index contributed by atoms with van der Waals surface area (Å²) >= 11 is 0. The zero-order valence-corrected chi connectivity index (χ0v) is 7.35. The molecule has 0 aliphatic heterocycles. The van der Waals surface area contributed by atoms with E-state index in [0.29, 0.717) is 11.5 Å². The molecule has 1 atom stereocenters. The molecule has 0 heterocycles. The van der Waals surface area contributed by atoms with Crippen molar-refractivity contribution in [3.8, 4) is 6.19 Å². The lowest BCUT2D eigenvalue weighted by Crippen LogP contribution is -2.34. The first-order valence-corrected chi connectivity index (χ1v) is 4.29. The quantitative estimate of drug-likeness (QED) is 0.461. The summed E-state index contributed by atoms with van der Waals surface area (Å²) < 4.78 is 0. The molecule has 1 fully saturated rings. The number of nitrogens with one attached hydrogen (secondary N) is 1. The van der Waals surface area contributed by atoms with Crippen molar-refractivity contribution in [1.82, 2.24) is 5.32 Å². The second kappa shape index (κ2) is 3.13. The van der Waals surface area contributed by atoms with Gasteiger partial charge >= 0.3 is 0 Å². The molecule has 0 amide bonds. The van der Waals surface area contributed by atoms with Crippen LogP contribution in [0, 0.1) is 16.9 Å². The summed E-state index contributed by atoms with van der Waals surface area (Å²) in [5.74, 6) is 0. The van der Waals surface area contributed by atoms with Crippen LogP contribution in [0.3, 0.4) is 0 Å². The van der Waals surface area contributed by atoms with Crippen molar-refractivity contribution in [2.45, 2.75) is 45.6 Å². The van der Waals surface area contributed by atoms with E-state index in [4.69, 9.17) is 5.26 Å². The van der Waals surface area contributed by atoms with Gasteiger partial charge in [-0.2, -0.15) is 5.26 Å².